The maximum atomic E-state index is 11.9. The number of nitro benzene ring substituents is 1. The Morgan fingerprint density at radius 3 is 2.14 bits per heavy atom. The van der Waals surface area contributed by atoms with Crippen LogP contribution >= 0.6 is 0 Å². The third kappa shape index (κ3) is 4.14. The summed E-state index contributed by atoms with van der Waals surface area (Å²) in [4.78, 5) is 22.0. The predicted octanol–water partition coefficient (Wildman–Crippen LogP) is 3.34. The molecule has 0 aromatic heterocycles. The molecule has 0 saturated carbocycles. The number of benzene rings is 2. The lowest BCUT2D eigenvalue weighted by molar-refractivity contribution is -0.384. The van der Waals surface area contributed by atoms with Crippen LogP contribution in [0.5, 0.6) is 0 Å². The number of non-ortho nitro benzene ring substituents is 1. The molecule has 0 aliphatic carbocycles. The van der Waals surface area contributed by atoms with Crippen molar-refractivity contribution in [3.8, 4) is 0 Å². The molecule has 21 heavy (non-hydrogen) atoms. The Kier molecular flexibility index (Phi) is 4.66. The second-order valence-electron chi connectivity index (χ2n) is 4.70. The second kappa shape index (κ2) is 6.65. The number of hydrogen-bond donors (Lipinski definition) is 1. The van der Waals surface area contributed by atoms with E-state index in [0.717, 1.165) is 12.0 Å². The quantitative estimate of drug-likeness (QED) is 0.676. The van der Waals surface area contributed by atoms with Crippen LogP contribution < -0.4 is 5.32 Å². The highest BCUT2D eigenvalue weighted by Gasteiger charge is 2.07. The van der Waals surface area contributed by atoms with Gasteiger partial charge in [0, 0.05) is 17.8 Å². The van der Waals surface area contributed by atoms with Crippen LogP contribution in [0.2, 0.25) is 0 Å². The lowest BCUT2D eigenvalue weighted by Crippen LogP contribution is -2.14. The summed E-state index contributed by atoms with van der Waals surface area (Å²) in [5.74, 6) is -0.145. The van der Waals surface area contributed by atoms with Crippen LogP contribution in [0.15, 0.2) is 48.5 Å². The maximum Gasteiger partial charge on any atom is 0.269 e. The normalized spacial score (nSPS) is 10.1. The van der Waals surface area contributed by atoms with Gasteiger partial charge in [0.25, 0.3) is 5.69 Å². The summed E-state index contributed by atoms with van der Waals surface area (Å²) in [7, 11) is 0. The highest BCUT2D eigenvalue weighted by atomic mass is 16.6. The van der Waals surface area contributed by atoms with E-state index in [0.29, 0.717) is 5.69 Å². The average Bonchev–Trinajstić information content (AvgIpc) is 2.48. The molecule has 0 radical (unpaired) electrons. The molecule has 0 atom stereocenters. The van der Waals surface area contributed by atoms with Gasteiger partial charge in [0.2, 0.25) is 5.91 Å². The zero-order valence-electron chi connectivity index (χ0n) is 11.7. The molecule has 5 heteroatoms. The smallest absolute Gasteiger partial charge is 0.269 e. The summed E-state index contributed by atoms with van der Waals surface area (Å²) in [5, 5.41) is 13.3. The van der Waals surface area contributed by atoms with Gasteiger partial charge in [0.1, 0.15) is 0 Å². The minimum Gasteiger partial charge on any atom is -0.326 e. The molecular weight excluding hydrogens is 268 g/mol. The van der Waals surface area contributed by atoms with Crippen LogP contribution in [-0.2, 0) is 17.6 Å². The fourth-order valence-electron chi connectivity index (χ4n) is 1.95. The van der Waals surface area contributed by atoms with E-state index in [-0.39, 0.29) is 18.0 Å². The Labute approximate surface area is 122 Å². The van der Waals surface area contributed by atoms with Crippen molar-refractivity contribution in [1.29, 1.82) is 0 Å². The lowest BCUT2D eigenvalue weighted by Gasteiger charge is -2.06. The van der Waals surface area contributed by atoms with Gasteiger partial charge in [-0.1, -0.05) is 31.2 Å². The van der Waals surface area contributed by atoms with Gasteiger partial charge in [-0.25, -0.2) is 0 Å². The molecular formula is C16H16N2O3. The molecule has 0 fully saturated rings. The molecule has 108 valence electrons. The fraction of sp³-hybridized carbons (Fsp3) is 0.188. The van der Waals surface area contributed by atoms with Crippen LogP contribution in [0.4, 0.5) is 11.4 Å². The maximum absolute atomic E-state index is 11.9. The van der Waals surface area contributed by atoms with E-state index in [4.69, 9.17) is 0 Å². The predicted molar refractivity (Wildman–Crippen MR) is 81.3 cm³/mol. The van der Waals surface area contributed by atoms with Crippen molar-refractivity contribution in [3.05, 3.63) is 69.8 Å². The number of amides is 1. The first-order chi connectivity index (χ1) is 10.1. The Balaban J connectivity index is 1.95. The Morgan fingerprint density at radius 2 is 1.62 bits per heavy atom. The number of nitrogens with zero attached hydrogens (tertiary/aromatic N) is 1. The zero-order valence-corrected chi connectivity index (χ0v) is 11.7. The van der Waals surface area contributed by atoms with Gasteiger partial charge in [0.05, 0.1) is 11.3 Å². The van der Waals surface area contributed by atoms with Crippen LogP contribution in [-0.4, -0.2) is 10.8 Å². The number of hydrogen-bond acceptors (Lipinski definition) is 3. The van der Waals surface area contributed by atoms with Crippen LogP contribution in [0.1, 0.15) is 18.1 Å². The van der Waals surface area contributed by atoms with Gasteiger partial charge in [-0.05, 0) is 29.7 Å². The Morgan fingerprint density at radius 1 is 1.05 bits per heavy atom. The second-order valence-corrected chi connectivity index (χ2v) is 4.70. The van der Waals surface area contributed by atoms with Crippen molar-refractivity contribution in [3.63, 3.8) is 0 Å². The number of nitrogens with one attached hydrogen (secondary N) is 1. The van der Waals surface area contributed by atoms with E-state index in [1.54, 1.807) is 0 Å². The molecule has 0 spiro atoms. The van der Waals surface area contributed by atoms with E-state index in [9.17, 15) is 14.9 Å². The van der Waals surface area contributed by atoms with E-state index in [2.05, 4.69) is 12.2 Å². The van der Waals surface area contributed by atoms with E-state index >= 15 is 0 Å². The molecule has 0 bridgehead atoms. The molecule has 2 aromatic carbocycles. The van der Waals surface area contributed by atoms with Gasteiger partial charge in [-0.3, -0.25) is 14.9 Å². The van der Waals surface area contributed by atoms with Gasteiger partial charge in [-0.2, -0.15) is 0 Å². The third-order valence-corrected chi connectivity index (χ3v) is 3.16. The van der Waals surface area contributed by atoms with Crippen LogP contribution in [0.25, 0.3) is 0 Å². The molecule has 0 aliphatic rings. The number of aryl methyl sites for hydroxylation is 1. The minimum absolute atomic E-state index is 0.00292. The summed E-state index contributed by atoms with van der Waals surface area (Å²) < 4.78 is 0. The van der Waals surface area contributed by atoms with Crippen molar-refractivity contribution in [2.24, 2.45) is 0 Å². The topological polar surface area (TPSA) is 72.2 Å². The molecule has 2 aromatic rings. The molecule has 1 N–H and O–H groups in total. The highest BCUT2D eigenvalue weighted by Crippen LogP contribution is 2.15. The molecule has 0 unspecified atom stereocenters. The molecule has 0 heterocycles. The largest absolute Gasteiger partial charge is 0.326 e. The first-order valence-electron chi connectivity index (χ1n) is 6.70. The van der Waals surface area contributed by atoms with E-state index < -0.39 is 4.92 Å². The highest BCUT2D eigenvalue weighted by molar-refractivity contribution is 5.92. The summed E-state index contributed by atoms with van der Waals surface area (Å²) >= 11 is 0. The molecule has 0 aliphatic heterocycles. The molecule has 0 saturated heterocycles. The molecule has 2 rings (SSSR count). The van der Waals surface area contributed by atoms with Crippen molar-refractivity contribution in [1.82, 2.24) is 0 Å². The molecule has 5 nitrogen and oxygen atoms in total. The average molecular weight is 284 g/mol. The van der Waals surface area contributed by atoms with E-state index in [1.807, 2.05) is 24.3 Å². The van der Waals surface area contributed by atoms with Gasteiger partial charge in [-0.15, -0.1) is 0 Å². The van der Waals surface area contributed by atoms with Crippen molar-refractivity contribution in [2.45, 2.75) is 19.8 Å². The fourth-order valence-corrected chi connectivity index (χ4v) is 1.95. The zero-order chi connectivity index (χ0) is 15.2. The summed E-state index contributed by atoms with van der Waals surface area (Å²) in [6.45, 7) is 2.08. The third-order valence-electron chi connectivity index (χ3n) is 3.16. The van der Waals surface area contributed by atoms with Crippen molar-refractivity contribution >= 4 is 17.3 Å². The van der Waals surface area contributed by atoms with E-state index in [1.165, 1.54) is 29.8 Å². The Hall–Kier alpha value is -2.69. The lowest BCUT2D eigenvalue weighted by atomic mass is 10.1. The van der Waals surface area contributed by atoms with Gasteiger partial charge < -0.3 is 5.32 Å². The van der Waals surface area contributed by atoms with Crippen LogP contribution in [0.3, 0.4) is 0 Å². The van der Waals surface area contributed by atoms with Crippen molar-refractivity contribution < 1.29 is 9.72 Å². The SMILES string of the molecule is CCc1ccc(CC(=O)Nc2ccc([N+](=O)[O-])cc2)cc1. The molecule has 1 amide bonds. The summed E-state index contributed by atoms with van der Waals surface area (Å²) in [6.07, 6.45) is 1.25. The monoisotopic (exact) mass is 284 g/mol. The number of nitro groups is 1. The van der Waals surface area contributed by atoms with Crippen molar-refractivity contribution in [2.75, 3.05) is 5.32 Å². The number of anilines is 1. The summed E-state index contributed by atoms with van der Waals surface area (Å²) in [6, 6.07) is 13.7. The number of carbonyl (C=O) groups is 1. The number of carbonyl (C=O) groups excluding carboxylic acids is 1. The number of rotatable bonds is 5. The summed E-state index contributed by atoms with van der Waals surface area (Å²) in [5.41, 5.74) is 2.72. The van der Waals surface area contributed by atoms with Crippen LogP contribution in [0, 0.1) is 10.1 Å². The first-order valence-corrected chi connectivity index (χ1v) is 6.70. The Bertz CT molecular complexity index is 634. The minimum atomic E-state index is -0.471. The first kappa shape index (κ1) is 14.7. The standard InChI is InChI=1S/C16H16N2O3/c1-2-12-3-5-13(6-4-12)11-16(19)17-14-7-9-15(10-8-14)18(20)21/h3-10H,2,11H2,1H3,(H,17,19). The van der Waals surface area contributed by atoms with Gasteiger partial charge in [0.15, 0.2) is 0 Å². The van der Waals surface area contributed by atoms with Gasteiger partial charge >= 0.3 is 0 Å².